The molecule has 3 rings (SSSR count). The van der Waals surface area contributed by atoms with E-state index in [0.717, 1.165) is 41.0 Å². The van der Waals surface area contributed by atoms with E-state index in [1.165, 1.54) is 0 Å². The van der Waals surface area contributed by atoms with Gasteiger partial charge in [0.1, 0.15) is 28.8 Å². The minimum atomic E-state index is -0.833. The van der Waals surface area contributed by atoms with Crippen molar-refractivity contribution >= 4 is 11.8 Å². The van der Waals surface area contributed by atoms with Gasteiger partial charge in [-0.1, -0.05) is 6.92 Å². The zero-order valence-corrected chi connectivity index (χ0v) is 19.3. The summed E-state index contributed by atoms with van der Waals surface area (Å²) in [6.45, 7) is 3.03. The molecule has 1 aliphatic heterocycles. The van der Waals surface area contributed by atoms with Crippen molar-refractivity contribution in [2.75, 3.05) is 28.4 Å². The zero-order chi connectivity index (χ0) is 23.8. The number of carbonyl (C=O) groups is 2. The average Bonchev–Trinajstić information content (AvgIpc) is 2.79. The maximum absolute atomic E-state index is 12.9. The van der Waals surface area contributed by atoms with E-state index in [1.54, 1.807) is 28.4 Å². The summed E-state index contributed by atoms with van der Waals surface area (Å²) in [7, 11) is 6.50. The highest BCUT2D eigenvalue weighted by Gasteiger charge is 2.37. The molecule has 32 heavy (non-hydrogen) atoms. The fraction of sp³-hybridized carbons (Fsp3) is 0.417. The van der Waals surface area contributed by atoms with Gasteiger partial charge in [-0.15, -0.1) is 0 Å². The molecular weight excluding hydrogens is 414 g/mol. The SMILES string of the molecule is CC(=O)O.COc1ccc(OC)c(C2CC(=O)C(C)C(c3cc(OC)ccc3OC)N2)c1. The summed E-state index contributed by atoms with van der Waals surface area (Å²) < 4.78 is 21.8. The number of hydrogen-bond donors (Lipinski definition) is 2. The van der Waals surface area contributed by atoms with Gasteiger partial charge >= 0.3 is 0 Å². The summed E-state index contributed by atoms with van der Waals surface area (Å²) in [4.78, 5) is 21.9. The van der Waals surface area contributed by atoms with Gasteiger partial charge in [0.25, 0.3) is 5.97 Å². The normalized spacial score (nSPS) is 19.9. The van der Waals surface area contributed by atoms with Crippen LogP contribution in [0.1, 0.15) is 43.5 Å². The molecular formula is C24H31NO7. The van der Waals surface area contributed by atoms with Gasteiger partial charge in [-0.05, 0) is 36.4 Å². The number of benzene rings is 2. The summed E-state index contributed by atoms with van der Waals surface area (Å²) in [5.41, 5.74) is 1.79. The van der Waals surface area contributed by atoms with Crippen LogP contribution in [0.15, 0.2) is 36.4 Å². The third-order valence-corrected chi connectivity index (χ3v) is 5.38. The van der Waals surface area contributed by atoms with E-state index < -0.39 is 5.97 Å². The number of carboxylic acid groups (broad SMARTS) is 1. The molecule has 1 fully saturated rings. The lowest BCUT2D eigenvalue weighted by Crippen LogP contribution is -2.41. The molecule has 0 saturated carbocycles. The Morgan fingerprint density at radius 2 is 1.38 bits per heavy atom. The Balaban J connectivity index is 0.000000837. The number of rotatable bonds is 6. The lowest BCUT2D eigenvalue weighted by Gasteiger charge is -2.36. The standard InChI is InChI=1S/C22H27NO5.C2H4O2/c1-13-19(24)12-18(16-10-14(25-2)6-8-20(16)27-4)23-22(13)17-11-15(26-3)7-9-21(17)28-5;1-2(3)4/h6-11,13,18,22-23H,12H2,1-5H3;1H3,(H,3,4). The van der Waals surface area contributed by atoms with Crippen LogP contribution in [0.2, 0.25) is 0 Å². The molecule has 0 spiro atoms. The zero-order valence-electron chi connectivity index (χ0n) is 19.3. The fourth-order valence-electron chi connectivity index (χ4n) is 3.75. The lowest BCUT2D eigenvalue weighted by molar-refractivity contribution is -0.134. The van der Waals surface area contributed by atoms with Gasteiger partial charge in [0.2, 0.25) is 0 Å². The number of nitrogens with one attached hydrogen (secondary N) is 1. The van der Waals surface area contributed by atoms with Gasteiger partial charge in [-0.3, -0.25) is 9.59 Å². The highest BCUT2D eigenvalue weighted by Crippen LogP contribution is 2.42. The van der Waals surface area contributed by atoms with Crippen LogP contribution in [0.3, 0.4) is 0 Å². The minimum absolute atomic E-state index is 0.184. The molecule has 1 saturated heterocycles. The van der Waals surface area contributed by atoms with E-state index in [9.17, 15) is 4.79 Å². The smallest absolute Gasteiger partial charge is 0.300 e. The number of carboxylic acids is 1. The molecule has 0 aliphatic carbocycles. The largest absolute Gasteiger partial charge is 0.497 e. The summed E-state index contributed by atoms with van der Waals surface area (Å²) >= 11 is 0. The maximum atomic E-state index is 12.9. The first-order valence-corrected chi connectivity index (χ1v) is 10.2. The Hall–Kier alpha value is -3.26. The molecule has 0 aromatic heterocycles. The van der Waals surface area contributed by atoms with Gasteiger partial charge in [0, 0.05) is 42.5 Å². The van der Waals surface area contributed by atoms with E-state index in [0.29, 0.717) is 6.42 Å². The molecule has 3 unspecified atom stereocenters. The Kier molecular flexibility index (Phi) is 8.90. The number of hydrogen-bond acceptors (Lipinski definition) is 7. The number of ether oxygens (including phenoxy) is 4. The first kappa shape index (κ1) is 25.0. The van der Waals surface area contributed by atoms with Crippen LogP contribution < -0.4 is 24.3 Å². The third-order valence-electron chi connectivity index (χ3n) is 5.38. The van der Waals surface area contributed by atoms with E-state index in [1.807, 2.05) is 43.3 Å². The highest BCUT2D eigenvalue weighted by atomic mass is 16.5. The second-order valence-electron chi connectivity index (χ2n) is 7.39. The number of carbonyl (C=O) groups excluding carboxylic acids is 1. The maximum Gasteiger partial charge on any atom is 0.300 e. The van der Waals surface area contributed by atoms with E-state index in [2.05, 4.69) is 5.32 Å². The summed E-state index contributed by atoms with van der Waals surface area (Å²) in [5, 5.41) is 11.0. The predicted octanol–water partition coefficient (Wildman–Crippen LogP) is 3.79. The van der Waals surface area contributed by atoms with Crippen LogP contribution in [0, 0.1) is 5.92 Å². The molecule has 3 atom stereocenters. The van der Waals surface area contributed by atoms with E-state index >= 15 is 0 Å². The lowest BCUT2D eigenvalue weighted by atomic mass is 9.81. The minimum Gasteiger partial charge on any atom is -0.497 e. The highest BCUT2D eigenvalue weighted by molar-refractivity contribution is 5.83. The third kappa shape index (κ3) is 5.91. The summed E-state index contributed by atoms with van der Waals surface area (Å²) in [6, 6.07) is 10.8. The number of methoxy groups -OCH3 is 4. The van der Waals surface area contributed by atoms with Crippen molar-refractivity contribution in [1.82, 2.24) is 5.32 Å². The van der Waals surface area contributed by atoms with Gasteiger partial charge < -0.3 is 29.4 Å². The molecule has 0 radical (unpaired) electrons. The molecule has 8 nitrogen and oxygen atoms in total. The van der Waals surface area contributed by atoms with Crippen molar-refractivity contribution in [3.63, 3.8) is 0 Å². The van der Waals surface area contributed by atoms with Crippen molar-refractivity contribution in [3.05, 3.63) is 47.5 Å². The molecule has 0 bridgehead atoms. The van der Waals surface area contributed by atoms with Gasteiger partial charge in [-0.2, -0.15) is 0 Å². The quantitative estimate of drug-likeness (QED) is 0.692. The van der Waals surface area contributed by atoms with Gasteiger partial charge in [-0.25, -0.2) is 0 Å². The number of Topliss-reactive ketones (excluding diaryl/α,β-unsaturated/α-hetero) is 1. The molecule has 2 aromatic rings. The summed E-state index contributed by atoms with van der Waals surface area (Å²) in [5.74, 6) is 2.03. The van der Waals surface area contributed by atoms with Gasteiger partial charge in [0.05, 0.1) is 28.4 Å². The summed E-state index contributed by atoms with van der Waals surface area (Å²) in [6.07, 6.45) is 0.382. The number of aliphatic carboxylic acids is 1. The molecule has 174 valence electrons. The monoisotopic (exact) mass is 445 g/mol. The van der Waals surface area contributed by atoms with Crippen LogP contribution >= 0.6 is 0 Å². The van der Waals surface area contributed by atoms with Crippen LogP contribution in [0.5, 0.6) is 23.0 Å². The van der Waals surface area contributed by atoms with E-state index in [-0.39, 0.29) is 23.8 Å². The molecule has 0 amide bonds. The first-order chi connectivity index (χ1) is 15.2. The van der Waals surface area contributed by atoms with Gasteiger partial charge in [0.15, 0.2) is 0 Å². The van der Waals surface area contributed by atoms with Crippen molar-refractivity contribution in [2.24, 2.45) is 5.92 Å². The van der Waals surface area contributed by atoms with Crippen LogP contribution in [-0.4, -0.2) is 45.3 Å². The Bertz CT molecular complexity index is 940. The number of ketones is 1. The topological polar surface area (TPSA) is 103 Å². The van der Waals surface area contributed by atoms with Crippen molar-refractivity contribution in [3.8, 4) is 23.0 Å². The molecule has 1 aliphatic rings. The fourth-order valence-corrected chi connectivity index (χ4v) is 3.75. The Morgan fingerprint density at radius 3 is 1.84 bits per heavy atom. The second-order valence-corrected chi connectivity index (χ2v) is 7.39. The molecule has 8 heteroatoms. The van der Waals surface area contributed by atoms with Crippen LogP contribution in [0.25, 0.3) is 0 Å². The molecule has 2 aromatic carbocycles. The van der Waals surface area contributed by atoms with Crippen molar-refractivity contribution in [2.45, 2.75) is 32.4 Å². The second kappa shape index (κ2) is 11.4. The van der Waals surface area contributed by atoms with Crippen molar-refractivity contribution < 1.29 is 33.6 Å². The first-order valence-electron chi connectivity index (χ1n) is 10.2. The average molecular weight is 446 g/mol. The Labute approximate surface area is 188 Å². The molecule has 1 heterocycles. The molecule has 2 N–H and O–H groups in total. The van der Waals surface area contributed by atoms with E-state index in [4.69, 9.17) is 28.8 Å². The van der Waals surface area contributed by atoms with Crippen LogP contribution in [0.4, 0.5) is 0 Å². The Morgan fingerprint density at radius 1 is 0.906 bits per heavy atom. The van der Waals surface area contributed by atoms with Crippen LogP contribution in [-0.2, 0) is 9.59 Å². The predicted molar refractivity (Wildman–Crippen MR) is 120 cm³/mol. The number of piperidine rings is 1. The van der Waals surface area contributed by atoms with Crippen molar-refractivity contribution in [1.29, 1.82) is 0 Å².